The van der Waals surface area contributed by atoms with Crippen molar-refractivity contribution in [2.75, 3.05) is 48.6 Å². The monoisotopic (exact) mass is 754 g/mol. The van der Waals surface area contributed by atoms with Crippen LogP contribution in [0.25, 0.3) is 0 Å². The lowest BCUT2D eigenvalue weighted by atomic mass is 9.93. The number of fused-ring (bicyclic) bond motifs is 2. The van der Waals surface area contributed by atoms with E-state index in [0.717, 1.165) is 30.3 Å². The largest absolute Gasteiger partial charge is 0.496 e. The van der Waals surface area contributed by atoms with Gasteiger partial charge < -0.3 is 47.8 Å². The molecule has 2 aromatic carbocycles. The summed E-state index contributed by atoms with van der Waals surface area (Å²) in [6.07, 6.45) is 12.0. The van der Waals surface area contributed by atoms with Crippen molar-refractivity contribution in [3.05, 3.63) is 83.0 Å². The van der Waals surface area contributed by atoms with Gasteiger partial charge in [-0.2, -0.15) is 0 Å². The second-order valence-corrected chi connectivity index (χ2v) is 13.4. The number of esters is 2. The maximum Gasteiger partial charge on any atom is 0.342 e. The molecule has 2 unspecified atom stereocenters. The van der Waals surface area contributed by atoms with Crippen molar-refractivity contribution in [1.29, 1.82) is 0 Å². The number of cyclic esters (lactones) is 2. The zero-order chi connectivity index (χ0) is 39.3. The Kier molecular flexibility index (Phi) is 20.0. The molecule has 2 heterocycles. The minimum atomic E-state index is -0.569. The van der Waals surface area contributed by atoms with Gasteiger partial charge in [0.1, 0.15) is 54.7 Å². The summed E-state index contributed by atoms with van der Waals surface area (Å²) in [6, 6.07) is 11.0. The molecule has 0 radical (unpaired) electrons. The lowest BCUT2D eigenvalue weighted by Crippen LogP contribution is -2.31. The fourth-order valence-electron chi connectivity index (χ4n) is 6.49. The van der Waals surface area contributed by atoms with Crippen LogP contribution in [0.1, 0.15) is 84.2 Å². The topological polar surface area (TPSA) is 145 Å². The molecule has 12 heteroatoms. The van der Waals surface area contributed by atoms with E-state index in [4.69, 9.17) is 37.9 Å². The van der Waals surface area contributed by atoms with Crippen LogP contribution < -0.4 is 9.47 Å². The Hall–Kier alpha value is -4.07. The molecule has 54 heavy (non-hydrogen) atoms. The Labute approximate surface area is 319 Å². The lowest BCUT2D eigenvalue weighted by molar-refractivity contribution is -0.114. The van der Waals surface area contributed by atoms with Crippen LogP contribution in [-0.4, -0.2) is 96.4 Å². The molecule has 0 saturated heterocycles. The molecule has 0 spiro atoms. The quantitative estimate of drug-likeness (QED) is 0.110. The number of ether oxygens (including phenoxy) is 8. The molecule has 0 bridgehead atoms. The van der Waals surface area contributed by atoms with Gasteiger partial charge in [0.05, 0.1) is 26.4 Å². The third-order valence-electron chi connectivity index (χ3n) is 9.52. The average Bonchev–Trinajstić information content (AvgIpc) is 3.17. The predicted octanol–water partition coefficient (Wildman–Crippen LogP) is 6.45. The van der Waals surface area contributed by atoms with E-state index in [9.17, 15) is 19.5 Å². The van der Waals surface area contributed by atoms with Crippen molar-refractivity contribution in [1.82, 2.24) is 0 Å². The number of methoxy groups -OCH3 is 4. The predicted molar refractivity (Wildman–Crippen MR) is 203 cm³/mol. The molecule has 12 nitrogen and oxygen atoms in total. The van der Waals surface area contributed by atoms with E-state index >= 15 is 0 Å². The number of benzene rings is 2. The van der Waals surface area contributed by atoms with Gasteiger partial charge in [0.2, 0.25) is 0 Å². The van der Waals surface area contributed by atoms with E-state index in [-0.39, 0.29) is 50.7 Å². The summed E-state index contributed by atoms with van der Waals surface area (Å²) in [5.41, 5.74) is 2.54. The Morgan fingerprint density at radius 2 is 1.17 bits per heavy atom. The van der Waals surface area contributed by atoms with Gasteiger partial charge in [0.15, 0.2) is 0 Å². The fraction of sp³-hybridized carbons (Fsp3) is 0.548. The highest BCUT2D eigenvalue weighted by molar-refractivity contribution is 5.95. The molecule has 0 aliphatic carbocycles. The molecule has 1 N–H and O–H groups in total. The summed E-state index contributed by atoms with van der Waals surface area (Å²) in [5.74, 6) is 0.447. The molecular formula is C42H58O12. The van der Waals surface area contributed by atoms with Crippen molar-refractivity contribution >= 4 is 18.2 Å². The number of hydrogen-bond donors (Lipinski definition) is 1. The van der Waals surface area contributed by atoms with Crippen LogP contribution in [0.2, 0.25) is 0 Å². The molecule has 6 atom stereocenters. The Balaban J connectivity index is 0.000000290. The maximum atomic E-state index is 12.9. The third kappa shape index (κ3) is 13.7. The van der Waals surface area contributed by atoms with Gasteiger partial charge in [-0.1, -0.05) is 62.4 Å². The minimum absolute atomic E-state index is 0.0675. The minimum Gasteiger partial charge on any atom is -0.496 e. The number of aldehydes is 1. The first-order chi connectivity index (χ1) is 26.2. The zero-order valence-corrected chi connectivity index (χ0v) is 32.5. The highest BCUT2D eigenvalue weighted by Gasteiger charge is 2.29. The number of carbonyl (C=O) groups excluding carboxylic acids is 3. The zero-order valence-electron chi connectivity index (χ0n) is 32.5. The van der Waals surface area contributed by atoms with Crippen LogP contribution >= 0.6 is 0 Å². The van der Waals surface area contributed by atoms with Crippen LogP contribution in [0.5, 0.6) is 11.5 Å². The average molecular weight is 755 g/mol. The van der Waals surface area contributed by atoms with Crippen LogP contribution in [0.15, 0.2) is 60.7 Å². The van der Waals surface area contributed by atoms with E-state index in [1.165, 1.54) is 14.2 Å². The standard InChI is InChI=1S/C21H30O6.C21H28O6/c2*1-15-7-4-5-8-16-9-6-10-18(25-3)20(16)21(23)27-17(11-12-22)13-19(15)26-14-24-2/h4-6,9-10,15,17,19,22H,7-8,11-14H2,1-3H3;4-6,9-10,12,15,17,19H,7-8,11,13-14H2,1-3H3/b2*5-4+/t2*15-,17?,19+/m00/s1. The van der Waals surface area contributed by atoms with Crippen LogP contribution in [0.3, 0.4) is 0 Å². The number of aliphatic hydroxyl groups excluding tert-OH is 1. The summed E-state index contributed by atoms with van der Waals surface area (Å²) in [7, 11) is 6.20. The van der Waals surface area contributed by atoms with Gasteiger partial charge in [0.25, 0.3) is 0 Å². The molecule has 298 valence electrons. The smallest absolute Gasteiger partial charge is 0.342 e. The summed E-state index contributed by atoms with van der Waals surface area (Å²) < 4.78 is 43.9. The van der Waals surface area contributed by atoms with E-state index in [0.29, 0.717) is 54.7 Å². The van der Waals surface area contributed by atoms with E-state index < -0.39 is 24.1 Å². The first-order valence-electron chi connectivity index (χ1n) is 18.5. The van der Waals surface area contributed by atoms with E-state index in [2.05, 4.69) is 32.1 Å². The van der Waals surface area contributed by atoms with Crippen LogP contribution in [0.4, 0.5) is 0 Å². The van der Waals surface area contributed by atoms with Gasteiger partial charge in [-0.15, -0.1) is 0 Å². The first-order valence-corrected chi connectivity index (χ1v) is 18.5. The molecule has 2 aromatic rings. The highest BCUT2D eigenvalue weighted by Crippen LogP contribution is 2.29. The van der Waals surface area contributed by atoms with Crippen molar-refractivity contribution in [2.45, 2.75) is 89.6 Å². The third-order valence-corrected chi connectivity index (χ3v) is 9.52. The van der Waals surface area contributed by atoms with Crippen molar-refractivity contribution < 1.29 is 57.4 Å². The molecule has 0 amide bonds. The number of rotatable bonds is 12. The van der Waals surface area contributed by atoms with Crippen LogP contribution in [0, 0.1) is 11.8 Å². The van der Waals surface area contributed by atoms with Crippen molar-refractivity contribution in [3.63, 3.8) is 0 Å². The van der Waals surface area contributed by atoms with Crippen molar-refractivity contribution in [2.24, 2.45) is 11.8 Å². The van der Waals surface area contributed by atoms with Crippen molar-refractivity contribution in [3.8, 4) is 11.5 Å². The van der Waals surface area contributed by atoms with Gasteiger partial charge in [-0.05, 0) is 60.8 Å². The maximum absolute atomic E-state index is 12.9. The second-order valence-electron chi connectivity index (χ2n) is 13.4. The molecule has 0 saturated carbocycles. The first kappa shape index (κ1) is 44.3. The highest BCUT2D eigenvalue weighted by atomic mass is 16.7. The molecule has 2 aliphatic heterocycles. The van der Waals surface area contributed by atoms with Gasteiger partial charge in [0, 0.05) is 46.5 Å². The number of hydrogen-bond acceptors (Lipinski definition) is 12. The number of allylic oxidation sites excluding steroid dienone is 4. The molecule has 0 fully saturated rings. The normalized spacial score (nSPS) is 24.8. The summed E-state index contributed by atoms with van der Waals surface area (Å²) in [6.45, 7) is 4.44. The molecule has 4 rings (SSSR count). The lowest BCUT2D eigenvalue weighted by Gasteiger charge is -2.28. The molecular weight excluding hydrogens is 696 g/mol. The van der Waals surface area contributed by atoms with Gasteiger partial charge in [-0.25, -0.2) is 9.59 Å². The Bertz CT molecular complexity index is 1500. The Morgan fingerprint density at radius 1 is 0.704 bits per heavy atom. The molecule has 0 aromatic heterocycles. The van der Waals surface area contributed by atoms with Crippen LogP contribution in [-0.2, 0) is 46.1 Å². The molecule has 2 aliphatic rings. The summed E-state index contributed by atoms with van der Waals surface area (Å²) >= 11 is 0. The van der Waals surface area contributed by atoms with Gasteiger partial charge >= 0.3 is 11.9 Å². The Morgan fingerprint density at radius 3 is 1.59 bits per heavy atom. The summed E-state index contributed by atoms with van der Waals surface area (Å²) in [4.78, 5) is 36.9. The fourth-order valence-corrected chi connectivity index (χ4v) is 6.49. The van der Waals surface area contributed by atoms with E-state index in [1.807, 2.05) is 30.3 Å². The van der Waals surface area contributed by atoms with E-state index in [1.54, 1.807) is 26.4 Å². The SMILES string of the molecule is COCO[C@@H]1CC(CC=O)OC(=O)c2c(cccc2OC)C/C=C/C[C@@H]1C.COCO[C@@H]1CC(CCO)OC(=O)c2c(cccc2OC)C/C=C/C[C@@H]1C. The van der Waals surface area contributed by atoms with Gasteiger partial charge in [-0.3, -0.25) is 0 Å². The summed E-state index contributed by atoms with van der Waals surface area (Å²) in [5, 5.41) is 9.42. The number of aliphatic hydroxyl groups is 1. The second kappa shape index (κ2) is 24.4. The number of carbonyl (C=O) groups is 3.